The van der Waals surface area contributed by atoms with Crippen LogP contribution in [0.4, 0.5) is 0 Å². The average Bonchev–Trinajstić information content (AvgIpc) is 2.87. The van der Waals surface area contributed by atoms with Gasteiger partial charge in [-0.25, -0.2) is 0 Å². The largest absolute Gasteiger partial charge is 0.507 e. The van der Waals surface area contributed by atoms with E-state index in [0.717, 1.165) is 10.8 Å². The van der Waals surface area contributed by atoms with Crippen molar-refractivity contribution in [1.29, 1.82) is 0 Å². The van der Waals surface area contributed by atoms with Gasteiger partial charge in [0, 0.05) is 26.7 Å². The van der Waals surface area contributed by atoms with E-state index >= 15 is 0 Å². The number of benzene rings is 2. The molecular formula is C12H7ClN2OS. The molecule has 3 aromatic rings. The van der Waals surface area contributed by atoms with Gasteiger partial charge in [-0.2, -0.15) is 0 Å². The number of aromatic nitrogens is 2. The molecule has 0 saturated heterocycles. The first-order chi connectivity index (χ1) is 8.27. The Kier molecular flexibility index (Phi) is 2.46. The number of phenolic OH excluding ortho intramolecular Hbond substituents is 1. The maximum atomic E-state index is 10.2. The predicted octanol–water partition coefficient (Wildman–Crippen LogP) is 3.72. The Labute approximate surface area is 106 Å². The lowest BCUT2D eigenvalue weighted by molar-refractivity contribution is 0.483. The summed E-state index contributed by atoms with van der Waals surface area (Å²) >= 11 is 7.43. The summed E-state index contributed by atoms with van der Waals surface area (Å²) in [7, 11) is 0. The first kappa shape index (κ1) is 10.5. The third kappa shape index (κ3) is 1.66. The lowest BCUT2D eigenvalue weighted by Crippen LogP contribution is -1.83. The Morgan fingerprint density at radius 2 is 1.94 bits per heavy atom. The molecule has 0 spiro atoms. The molecule has 0 saturated carbocycles. The fourth-order valence-corrected chi connectivity index (χ4v) is 2.52. The summed E-state index contributed by atoms with van der Waals surface area (Å²) in [5.74, 6) is 0.192. The topological polar surface area (TPSA) is 46.0 Å². The smallest absolute Gasteiger partial charge is 0.132 e. The van der Waals surface area contributed by atoms with Crippen LogP contribution >= 0.6 is 23.1 Å². The quantitative estimate of drug-likeness (QED) is 0.727. The van der Waals surface area contributed by atoms with Crippen LogP contribution < -0.4 is 0 Å². The molecule has 0 atom stereocenters. The number of halogens is 1. The molecule has 5 heteroatoms. The van der Waals surface area contributed by atoms with Gasteiger partial charge in [-0.05, 0) is 17.6 Å². The molecule has 0 amide bonds. The van der Waals surface area contributed by atoms with E-state index in [4.69, 9.17) is 11.6 Å². The second-order valence-electron chi connectivity index (χ2n) is 3.59. The molecule has 17 heavy (non-hydrogen) atoms. The number of hydrogen-bond donors (Lipinski definition) is 1. The third-order valence-corrected chi connectivity index (χ3v) is 3.42. The molecule has 0 unspecified atom stereocenters. The molecule has 0 radical (unpaired) electrons. The van der Waals surface area contributed by atoms with Gasteiger partial charge in [0.15, 0.2) is 0 Å². The van der Waals surface area contributed by atoms with E-state index < -0.39 is 0 Å². The van der Waals surface area contributed by atoms with Gasteiger partial charge >= 0.3 is 0 Å². The van der Waals surface area contributed by atoms with Crippen molar-refractivity contribution in [3.05, 3.63) is 40.7 Å². The summed E-state index contributed by atoms with van der Waals surface area (Å²) in [5.41, 5.74) is 1.25. The van der Waals surface area contributed by atoms with Gasteiger partial charge in [-0.3, -0.25) is 0 Å². The van der Waals surface area contributed by atoms with Crippen molar-refractivity contribution in [1.82, 2.24) is 9.59 Å². The molecule has 0 fully saturated rings. The van der Waals surface area contributed by atoms with E-state index in [1.54, 1.807) is 11.4 Å². The second kappa shape index (κ2) is 3.98. The van der Waals surface area contributed by atoms with Crippen LogP contribution in [0.25, 0.3) is 22.0 Å². The van der Waals surface area contributed by atoms with Gasteiger partial charge < -0.3 is 5.11 Å². The number of nitrogens with zero attached hydrogens (tertiary/aromatic N) is 2. The van der Waals surface area contributed by atoms with E-state index in [-0.39, 0.29) is 5.75 Å². The first-order valence-corrected chi connectivity index (χ1v) is 6.16. The average molecular weight is 263 g/mol. The van der Waals surface area contributed by atoms with Crippen LogP contribution in [0, 0.1) is 0 Å². The minimum atomic E-state index is 0.192. The van der Waals surface area contributed by atoms with Gasteiger partial charge in [0.25, 0.3) is 0 Å². The summed E-state index contributed by atoms with van der Waals surface area (Å²) in [6.45, 7) is 0. The van der Waals surface area contributed by atoms with Crippen LogP contribution in [0.15, 0.2) is 35.7 Å². The first-order valence-electron chi connectivity index (χ1n) is 4.95. The molecule has 0 aliphatic carbocycles. The van der Waals surface area contributed by atoms with E-state index in [1.165, 1.54) is 11.5 Å². The van der Waals surface area contributed by atoms with Gasteiger partial charge in [0.2, 0.25) is 0 Å². The minimum absolute atomic E-state index is 0.192. The van der Waals surface area contributed by atoms with Crippen molar-refractivity contribution in [2.24, 2.45) is 0 Å². The number of rotatable bonds is 1. The van der Waals surface area contributed by atoms with Crippen LogP contribution in [0.2, 0.25) is 5.02 Å². The molecule has 1 N–H and O–H groups in total. The van der Waals surface area contributed by atoms with Crippen LogP contribution in [0.1, 0.15) is 0 Å². The second-order valence-corrected chi connectivity index (χ2v) is 4.61. The molecule has 0 aliphatic rings. The highest BCUT2D eigenvalue weighted by Crippen LogP contribution is 2.39. The monoisotopic (exact) mass is 262 g/mol. The fraction of sp³-hybridized carbons (Fsp3) is 0. The number of hydrogen-bond acceptors (Lipinski definition) is 4. The fourth-order valence-electron chi connectivity index (χ4n) is 1.79. The molecule has 0 bridgehead atoms. The highest BCUT2D eigenvalue weighted by atomic mass is 35.5. The zero-order valence-corrected chi connectivity index (χ0v) is 10.2. The third-order valence-electron chi connectivity index (χ3n) is 2.60. The molecule has 1 aromatic heterocycles. The van der Waals surface area contributed by atoms with Gasteiger partial charge in [0.05, 0.1) is 0 Å². The molecular weight excluding hydrogens is 256 g/mol. The Hall–Kier alpha value is -1.65. The van der Waals surface area contributed by atoms with Crippen molar-refractivity contribution in [3.8, 4) is 17.0 Å². The summed E-state index contributed by atoms with van der Waals surface area (Å²) in [5, 5.41) is 18.1. The molecule has 2 aromatic carbocycles. The van der Waals surface area contributed by atoms with Crippen LogP contribution in [-0.2, 0) is 0 Å². The molecule has 1 heterocycles. The molecule has 84 valence electrons. The van der Waals surface area contributed by atoms with Gasteiger partial charge in [0.1, 0.15) is 11.4 Å². The summed E-state index contributed by atoms with van der Waals surface area (Å²) < 4.78 is 3.79. The maximum absolute atomic E-state index is 10.2. The lowest BCUT2D eigenvalue weighted by atomic mass is 10.0. The van der Waals surface area contributed by atoms with E-state index in [2.05, 4.69) is 9.59 Å². The Morgan fingerprint density at radius 3 is 2.65 bits per heavy atom. The Balaban J connectivity index is 2.39. The highest BCUT2D eigenvalue weighted by molar-refractivity contribution is 7.03. The van der Waals surface area contributed by atoms with Crippen LogP contribution in [0.5, 0.6) is 5.75 Å². The molecule has 3 nitrogen and oxygen atoms in total. The Morgan fingerprint density at radius 1 is 1.18 bits per heavy atom. The van der Waals surface area contributed by atoms with Crippen molar-refractivity contribution >= 4 is 33.9 Å². The minimum Gasteiger partial charge on any atom is -0.507 e. The molecule has 0 aliphatic heterocycles. The predicted molar refractivity (Wildman–Crippen MR) is 69.5 cm³/mol. The number of aromatic hydroxyl groups is 1. The van der Waals surface area contributed by atoms with Crippen LogP contribution in [-0.4, -0.2) is 14.7 Å². The standard InChI is InChI=1S/C12H7ClN2OS/c13-10-5-9(11-6-17-15-14-11)12(16)8-4-2-1-3-7(8)10/h1-6,16H. The summed E-state index contributed by atoms with van der Waals surface area (Å²) in [4.78, 5) is 0. The highest BCUT2D eigenvalue weighted by Gasteiger charge is 2.13. The maximum Gasteiger partial charge on any atom is 0.132 e. The van der Waals surface area contributed by atoms with Crippen molar-refractivity contribution in [3.63, 3.8) is 0 Å². The Bertz CT molecular complexity index is 682. The van der Waals surface area contributed by atoms with Crippen molar-refractivity contribution < 1.29 is 5.11 Å². The lowest BCUT2D eigenvalue weighted by Gasteiger charge is -2.07. The van der Waals surface area contributed by atoms with Gasteiger partial charge in [-0.15, -0.1) is 5.10 Å². The summed E-state index contributed by atoms with van der Waals surface area (Å²) in [6.07, 6.45) is 0. The van der Waals surface area contributed by atoms with Gasteiger partial charge in [-0.1, -0.05) is 40.4 Å². The SMILES string of the molecule is Oc1c(-c2csnn2)cc(Cl)c2ccccc12. The number of fused-ring (bicyclic) bond motifs is 1. The zero-order valence-electron chi connectivity index (χ0n) is 8.59. The normalized spacial score (nSPS) is 10.9. The number of phenols is 1. The van der Waals surface area contributed by atoms with Crippen LogP contribution in [0.3, 0.4) is 0 Å². The van der Waals surface area contributed by atoms with Crippen molar-refractivity contribution in [2.75, 3.05) is 0 Å². The zero-order chi connectivity index (χ0) is 11.8. The molecule has 3 rings (SSSR count). The van der Waals surface area contributed by atoms with E-state index in [1.807, 2.05) is 24.3 Å². The summed E-state index contributed by atoms with van der Waals surface area (Å²) in [6, 6.07) is 9.18. The van der Waals surface area contributed by atoms with E-state index in [9.17, 15) is 5.11 Å². The van der Waals surface area contributed by atoms with Crippen molar-refractivity contribution in [2.45, 2.75) is 0 Å². The van der Waals surface area contributed by atoms with E-state index in [0.29, 0.717) is 16.3 Å².